The van der Waals surface area contributed by atoms with Crippen LogP contribution >= 0.6 is 0 Å². The average Bonchev–Trinajstić information content (AvgIpc) is 3.54. The first-order valence-corrected chi connectivity index (χ1v) is 13.6. The number of hydrogen-bond donors (Lipinski definition) is 2. The van der Waals surface area contributed by atoms with E-state index in [-0.39, 0.29) is 17.8 Å². The Morgan fingerprint density at radius 2 is 2.05 bits per heavy atom. The minimum Gasteiger partial charge on any atom is -0.367 e. The summed E-state index contributed by atoms with van der Waals surface area (Å²) in [6.45, 7) is 7.83. The number of aromatic amines is 1. The SMILES string of the molecule is C=N/C=C(\C=C(/C)F)c1cc(N[C@@H]2CCc3[nH]c4ccccc4c3C2)n2ncc(C(=O)N3CCN(C)CC3)c2n1. The quantitative estimate of drug-likeness (QED) is 0.278. The molecule has 2 aliphatic rings. The molecule has 0 radical (unpaired) electrons. The molecule has 0 saturated carbocycles. The number of para-hydroxylation sites is 1. The number of nitrogens with one attached hydrogen (secondary N) is 2. The van der Waals surface area contributed by atoms with Gasteiger partial charge in [-0.15, -0.1) is 0 Å². The van der Waals surface area contributed by atoms with Gasteiger partial charge >= 0.3 is 0 Å². The number of halogens is 1. The maximum atomic E-state index is 14.0. The normalized spacial score (nSPS) is 18.8. The van der Waals surface area contributed by atoms with E-state index in [0.29, 0.717) is 41.4 Å². The van der Waals surface area contributed by atoms with Gasteiger partial charge in [0, 0.05) is 66.7 Å². The molecule has 1 atom stereocenters. The number of likely N-dealkylation sites (N-methyl/N-ethyl adjacent to an activating group) is 1. The van der Waals surface area contributed by atoms with E-state index in [1.54, 1.807) is 10.7 Å². The van der Waals surface area contributed by atoms with Crippen molar-refractivity contribution < 1.29 is 9.18 Å². The predicted octanol–water partition coefficient (Wildman–Crippen LogP) is 4.48. The molecule has 206 valence electrons. The van der Waals surface area contributed by atoms with Crippen LogP contribution in [0.3, 0.4) is 0 Å². The van der Waals surface area contributed by atoms with Gasteiger partial charge in [0.2, 0.25) is 0 Å². The maximum Gasteiger partial charge on any atom is 0.259 e. The minimum absolute atomic E-state index is 0.107. The van der Waals surface area contributed by atoms with Crippen LogP contribution in [0, 0.1) is 0 Å². The summed E-state index contributed by atoms with van der Waals surface area (Å²) in [6.07, 6.45) is 7.12. The third-order valence-electron chi connectivity index (χ3n) is 7.82. The summed E-state index contributed by atoms with van der Waals surface area (Å²) in [5, 5.41) is 9.51. The molecule has 0 spiro atoms. The van der Waals surface area contributed by atoms with Crippen LogP contribution in [0.25, 0.3) is 22.1 Å². The monoisotopic (exact) mass is 540 g/mol. The topological polar surface area (TPSA) is 93.9 Å². The van der Waals surface area contributed by atoms with Crippen molar-refractivity contribution in [3.05, 3.63) is 77.1 Å². The molecule has 1 aromatic carbocycles. The van der Waals surface area contributed by atoms with E-state index in [2.05, 4.69) is 57.3 Å². The fourth-order valence-corrected chi connectivity index (χ4v) is 5.74. The van der Waals surface area contributed by atoms with E-state index in [4.69, 9.17) is 4.98 Å². The van der Waals surface area contributed by atoms with Gasteiger partial charge in [-0.3, -0.25) is 9.79 Å². The standard InChI is InChI=1S/C30H33FN8O/c1-19(31)14-20(17-32-2)27-16-28(34-21-8-9-26-23(15-21)22-6-4-5-7-25(22)35-26)39-29(36-27)24(18-33-39)30(40)38-12-10-37(3)11-13-38/h4-7,14,16-18,21,34-35H,2,8-13,15H2,1,3H3/b19-14+,20-17+/t21-/m1/s1. The lowest BCUT2D eigenvalue weighted by atomic mass is 9.91. The van der Waals surface area contributed by atoms with Crippen LogP contribution in [-0.4, -0.2) is 81.3 Å². The fourth-order valence-electron chi connectivity index (χ4n) is 5.74. The lowest BCUT2D eigenvalue weighted by Crippen LogP contribution is -2.47. The molecule has 1 saturated heterocycles. The van der Waals surface area contributed by atoms with Gasteiger partial charge in [-0.1, -0.05) is 18.2 Å². The number of rotatable bonds is 6. The van der Waals surface area contributed by atoms with Crippen LogP contribution in [0.4, 0.5) is 10.2 Å². The molecule has 10 heteroatoms. The van der Waals surface area contributed by atoms with Crippen LogP contribution in [0.1, 0.15) is 40.7 Å². The van der Waals surface area contributed by atoms with Crippen molar-refractivity contribution in [2.75, 3.05) is 38.5 Å². The number of aromatic nitrogens is 4. The lowest BCUT2D eigenvalue weighted by molar-refractivity contribution is 0.0666. The highest BCUT2D eigenvalue weighted by atomic mass is 19.1. The highest BCUT2D eigenvalue weighted by Gasteiger charge is 2.27. The van der Waals surface area contributed by atoms with Crippen LogP contribution in [-0.2, 0) is 12.8 Å². The van der Waals surface area contributed by atoms with Crippen LogP contribution in [0.2, 0.25) is 0 Å². The van der Waals surface area contributed by atoms with Crippen LogP contribution < -0.4 is 5.32 Å². The number of aliphatic imine (C=N–C) groups is 1. The van der Waals surface area contributed by atoms with Gasteiger partial charge < -0.3 is 20.1 Å². The zero-order chi connectivity index (χ0) is 27.8. The van der Waals surface area contributed by atoms with Gasteiger partial charge in [0.1, 0.15) is 11.4 Å². The number of benzene rings is 1. The molecule has 1 amide bonds. The van der Waals surface area contributed by atoms with Crippen molar-refractivity contribution in [1.29, 1.82) is 0 Å². The molecule has 0 unspecified atom stereocenters. The summed E-state index contributed by atoms with van der Waals surface area (Å²) in [5.41, 5.74) is 5.55. The molecule has 3 aromatic heterocycles. The zero-order valence-corrected chi connectivity index (χ0v) is 22.8. The number of amides is 1. The Labute approximate surface area is 232 Å². The second kappa shape index (κ2) is 10.7. The lowest BCUT2D eigenvalue weighted by Gasteiger charge is -2.32. The molecule has 1 aliphatic carbocycles. The number of H-pyrrole nitrogens is 1. The van der Waals surface area contributed by atoms with E-state index in [0.717, 1.165) is 37.9 Å². The second-order valence-corrected chi connectivity index (χ2v) is 10.6. The Hall–Kier alpha value is -4.31. The Kier molecular flexibility index (Phi) is 6.93. The third kappa shape index (κ3) is 4.90. The first kappa shape index (κ1) is 25.9. The number of carbonyl (C=O) groups excluding carboxylic acids is 1. The van der Waals surface area contributed by atoms with Gasteiger partial charge in [0.05, 0.1) is 17.7 Å². The molecular weight excluding hydrogens is 507 g/mol. The molecule has 40 heavy (non-hydrogen) atoms. The Bertz CT molecular complexity index is 1650. The average molecular weight is 541 g/mol. The number of piperazine rings is 1. The number of fused-ring (bicyclic) bond motifs is 4. The van der Waals surface area contributed by atoms with E-state index in [1.165, 1.54) is 35.8 Å². The summed E-state index contributed by atoms with van der Waals surface area (Å²) >= 11 is 0. The number of anilines is 1. The summed E-state index contributed by atoms with van der Waals surface area (Å²) in [7, 11) is 2.05. The van der Waals surface area contributed by atoms with Crippen molar-refractivity contribution in [2.45, 2.75) is 32.2 Å². The number of carbonyl (C=O) groups is 1. The van der Waals surface area contributed by atoms with Crippen molar-refractivity contribution in [1.82, 2.24) is 29.4 Å². The Morgan fingerprint density at radius 1 is 1.25 bits per heavy atom. The highest BCUT2D eigenvalue weighted by Crippen LogP contribution is 2.31. The minimum atomic E-state index is -0.382. The van der Waals surface area contributed by atoms with Crippen LogP contribution in [0.15, 0.2) is 59.6 Å². The molecule has 1 aliphatic heterocycles. The summed E-state index contributed by atoms with van der Waals surface area (Å²) in [5.74, 6) is 0.197. The first-order chi connectivity index (χ1) is 19.4. The molecule has 4 heterocycles. The van der Waals surface area contributed by atoms with Crippen molar-refractivity contribution >= 4 is 40.6 Å². The Morgan fingerprint density at radius 3 is 2.83 bits per heavy atom. The maximum absolute atomic E-state index is 14.0. The fraction of sp³-hybridized carbons (Fsp3) is 0.333. The summed E-state index contributed by atoms with van der Waals surface area (Å²) in [6, 6.07) is 10.4. The number of hydrogen-bond acceptors (Lipinski definition) is 6. The molecule has 2 N–H and O–H groups in total. The van der Waals surface area contributed by atoms with E-state index >= 15 is 0 Å². The molecular formula is C30H33FN8O. The predicted molar refractivity (Wildman–Crippen MR) is 157 cm³/mol. The molecule has 1 fully saturated rings. The zero-order valence-electron chi connectivity index (χ0n) is 22.8. The van der Waals surface area contributed by atoms with Crippen molar-refractivity contribution in [2.24, 2.45) is 4.99 Å². The van der Waals surface area contributed by atoms with Gasteiger partial charge in [0.15, 0.2) is 5.65 Å². The van der Waals surface area contributed by atoms with Gasteiger partial charge in [0.25, 0.3) is 5.91 Å². The summed E-state index contributed by atoms with van der Waals surface area (Å²) in [4.78, 5) is 29.9. The number of allylic oxidation sites excluding steroid dienone is 3. The molecule has 0 bridgehead atoms. The van der Waals surface area contributed by atoms with Gasteiger partial charge in [-0.05, 0) is 57.7 Å². The number of aryl methyl sites for hydroxylation is 1. The third-order valence-corrected chi connectivity index (χ3v) is 7.82. The van der Waals surface area contributed by atoms with Crippen molar-refractivity contribution in [3.8, 4) is 0 Å². The largest absolute Gasteiger partial charge is 0.367 e. The van der Waals surface area contributed by atoms with E-state index in [9.17, 15) is 9.18 Å². The van der Waals surface area contributed by atoms with Crippen LogP contribution in [0.5, 0.6) is 0 Å². The van der Waals surface area contributed by atoms with E-state index in [1.807, 2.05) is 17.0 Å². The second-order valence-electron chi connectivity index (χ2n) is 10.6. The van der Waals surface area contributed by atoms with Crippen molar-refractivity contribution in [3.63, 3.8) is 0 Å². The van der Waals surface area contributed by atoms with Gasteiger partial charge in [-0.2, -0.15) is 9.61 Å². The number of nitrogens with zero attached hydrogens (tertiary/aromatic N) is 6. The van der Waals surface area contributed by atoms with Gasteiger partial charge in [-0.25, -0.2) is 9.37 Å². The van der Waals surface area contributed by atoms with E-state index < -0.39 is 0 Å². The first-order valence-electron chi connectivity index (χ1n) is 13.6. The highest BCUT2D eigenvalue weighted by molar-refractivity contribution is 6.00. The molecule has 9 nitrogen and oxygen atoms in total. The smallest absolute Gasteiger partial charge is 0.259 e. The molecule has 6 rings (SSSR count). The molecule has 4 aromatic rings. The Balaban J connectivity index is 1.40. The summed E-state index contributed by atoms with van der Waals surface area (Å²) < 4.78 is 15.7.